The summed E-state index contributed by atoms with van der Waals surface area (Å²) in [6.45, 7) is 2.38. The van der Waals surface area contributed by atoms with Gasteiger partial charge in [0.2, 0.25) is 0 Å². The number of hydrogen-bond donors (Lipinski definition) is 1. The number of hydrogen-bond acceptors (Lipinski definition) is 4. The van der Waals surface area contributed by atoms with E-state index in [4.69, 9.17) is 4.74 Å². The summed E-state index contributed by atoms with van der Waals surface area (Å²) in [7, 11) is 1.63. The molecule has 2 heterocycles. The second-order valence-electron chi connectivity index (χ2n) is 8.53. The molecule has 8 heteroatoms. The summed E-state index contributed by atoms with van der Waals surface area (Å²) in [5, 5.41) is 7.90. The number of urea groups is 1. The third-order valence-corrected chi connectivity index (χ3v) is 6.32. The molecule has 156 valence electrons. The van der Waals surface area contributed by atoms with Crippen molar-refractivity contribution in [2.45, 2.75) is 82.3 Å². The predicted octanol–water partition coefficient (Wildman–Crippen LogP) is 2.25. The number of rotatable bonds is 6. The topological polar surface area (TPSA) is 81.4 Å². The van der Waals surface area contributed by atoms with E-state index in [0.29, 0.717) is 25.7 Å². The van der Waals surface area contributed by atoms with Gasteiger partial charge in [0.05, 0.1) is 13.2 Å². The van der Waals surface area contributed by atoms with E-state index < -0.39 is 0 Å². The fraction of sp³-hybridized carbons (Fsp3) is 0.850. The molecule has 0 radical (unpaired) electrons. The highest BCUT2D eigenvalue weighted by Gasteiger charge is 2.35. The van der Waals surface area contributed by atoms with Crippen LogP contribution in [0.2, 0.25) is 0 Å². The van der Waals surface area contributed by atoms with Crippen LogP contribution in [0.3, 0.4) is 0 Å². The first-order chi connectivity index (χ1) is 13.7. The molecule has 1 N–H and O–H groups in total. The fourth-order valence-electron chi connectivity index (χ4n) is 4.60. The minimum Gasteiger partial charge on any atom is -0.383 e. The highest BCUT2D eigenvalue weighted by Crippen LogP contribution is 2.37. The molecule has 2 aliphatic carbocycles. The van der Waals surface area contributed by atoms with E-state index in [0.717, 1.165) is 50.9 Å². The lowest BCUT2D eigenvalue weighted by Gasteiger charge is -2.34. The summed E-state index contributed by atoms with van der Waals surface area (Å²) in [5.41, 5.74) is -0.0293. The number of carbonyl (C=O) groups is 1. The molecule has 2 saturated carbocycles. The molecule has 1 unspecified atom stereocenters. The Bertz CT molecular complexity index is 733. The van der Waals surface area contributed by atoms with E-state index in [1.165, 1.54) is 23.9 Å². The maximum atomic E-state index is 12.8. The molecule has 0 bridgehead atoms. The van der Waals surface area contributed by atoms with Gasteiger partial charge in [0.25, 0.3) is 0 Å². The van der Waals surface area contributed by atoms with E-state index >= 15 is 0 Å². The van der Waals surface area contributed by atoms with Crippen molar-refractivity contribution >= 4 is 6.03 Å². The van der Waals surface area contributed by atoms with Gasteiger partial charge in [-0.3, -0.25) is 4.57 Å². The minimum absolute atomic E-state index is 0.0293. The zero-order valence-corrected chi connectivity index (χ0v) is 16.9. The van der Waals surface area contributed by atoms with Crippen LogP contribution in [0, 0.1) is 0 Å². The summed E-state index contributed by atoms with van der Waals surface area (Å²) < 4.78 is 8.55. The molecule has 3 fully saturated rings. The largest absolute Gasteiger partial charge is 0.383 e. The van der Waals surface area contributed by atoms with Crippen molar-refractivity contribution in [3.05, 3.63) is 16.3 Å². The van der Waals surface area contributed by atoms with Gasteiger partial charge in [-0.1, -0.05) is 19.3 Å². The zero-order chi connectivity index (χ0) is 19.5. The summed E-state index contributed by atoms with van der Waals surface area (Å²) >= 11 is 0. The smallest absolute Gasteiger partial charge is 0.346 e. The number of aromatic nitrogens is 3. The van der Waals surface area contributed by atoms with Crippen molar-refractivity contribution < 1.29 is 9.53 Å². The third kappa shape index (κ3) is 4.26. The van der Waals surface area contributed by atoms with Crippen LogP contribution in [0.1, 0.15) is 75.6 Å². The van der Waals surface area contributed by atoms with Crippen LogP contribution in [0.15, 0.2) is 4.79 Å². The monoisotopic (exact) mass is 391 g/mol. The minimum atomic E-state index is -0.0293. The van der Waals surface area contributed by atoms with Crippen LogP contribution >= 0.6 is 0 Å². The molecule has 0 aromatic carbocycles. The number of likely N-dealkylation sites (tertiary alicyclic amines) is 1. The first-order valence-corrected chi connectivity index (χ1v) is 10.9. The van der Waals surface area contributed by atoms with Crippen molar-refractivity contribution in [1.82, 2.24) is 24.6 Å². The van der Waals surface area contributed by atoms with Crippen LogP contribution in [-0.4, -0.2) is 58.1 Å². The Hall–Kier alpha value is -1.83. The second-order valence-corrected chi connectivity index (χ2v) is 8.53. The van der Waals surface area contributed by atoms with E-state index in [2.05, 4.69) is 10.4 Å². The Labute approximate surface area is 166 Å². The first kappa shape index (κ1) is 19.5. The number of nitrogens with zero attached hydrogens (tertiary/aromatic N) is 4. The quantitative estimate of drug-likeness (QED) is 0.806. The van der Waals surface area contributed by atoms with Crippen LogP contribution in [-0.2, 0) is 11.3 Å². The van der Waals surface area contributed by atoms with Gasteiger partial charge in [-0.05, 0) is 38.5 Å². The van der Waals surface area contributed by atoms with Gasteiger partial charge in [-0.15, -0.1) is 0 Å². The summed E-state index contributed by atoms with van der Waals surface area (Å²) in [5.74, 6) is 0.988. The van der Waals surface area contributed by atoms with Gasteiger partial charge in [-0.2, -0.15) is 5.10 Å². The lowest BCUT2D eigenvalue weighted by molar-refractivity contribution is 0.170. The summed E-state index contributed by atoms with van der Waals surface area (Å²) in [6, 6.07) is 0.653. The number of ether oxygens (including phenoxy) is 1. The predicted molar refractivity (Wildman–Crippen MR) is 106 cm³/mol. The van der Waals surface area contributed by atoms with Crippen molar-refractivity contribution in [2.24, 2.45) is 0 Å². The normalized spacial score (nSPS) is 23.8. The molecule has 1 atom stereocenters. The Morgan fingerprint density at radius 3 is 2.64 bits per heavy atom. The second kappa shape index (κ2) is 8.68. The lowest BCUT2D eigenvalue weighted by Crippen LogP contribution is -2.49. The van der Waals surface area contributed by atoms with E-state index in [9.17, 15) is 9.59 Å². The molecular weight excluding hydrogens is 358 g/mol. The average Bonchev–Trinajstić information content (AvgIpc) is 3.50. The van der Waals surface area contributed by atoms with Crippen molar-refractivity contribution in [3.63, 3.8) is 0 Å². The molecule has 28 heavy (non-hydrogen) atoms. The molecule has 3 aliphatic rings. The van der Waals surface area contributed by atoms with Crippen molar-refractivity contribution in [3.8, 4) is 0 Å². The summed E-state index contributed by atoms with van der Waals surface area (Å²) in [6.07, 6.45) is 9.89. The van der Waals surface area contributed by atoms with Gasteiger partial charge >= 0.3 is 11.7 Å². The highest BCUT2D eigenvalue weighted by atomic mass is 16.5. The zero-order valence-electron chi connectivity index (χ0n) is 16.9. The van der Waals surface area contributed by atoms with Gasteiger partial charge in [0, 0.05) is 38.2 Å². The number of methoxy groups -OCH3 is 1. The van der Waals surface area contributed by atoms with Crippen molar-refractivity contribution in [1.29, 1.82) is 0 Å². The third-order valence-electron chi connectivity index (χ3n) is 6.32. The Balaban J connectivity index is 1.46. The maximum Gasteiger partial charge on any atom is 0.346 e. The number of nitrogens with one attached hydrogen (secondary N) is 1. The van der Waals surface area contributed by atoms with E-state index in [1.807, 2.05) is 9.47 Å². The van der Waals surface area contributed by atoms with E-state index in [-0.39, 0.29) is 23.7 Å². The average molecular weight is 392 g/mol. The van der Waals surface area contributed by atoms with Crippen LogP contribution in [0.4, 0.5) is 4.79 Å². The van der Waals surface area contributed by atoms with Crippen LogP contribution in [0.25, 0.3) is 0 Å². The number of carbonyl (C=O) groups excluding carboxylic acids is 1. The van der Waals surface area contributed by atoms with Crippen LogP contribution < -0.4 is 11.0 Å². The molecule has 0 spiro atoms. The number of amides is 2. The van der Waals surface area contributed by atoms with Gasteiger partial charge < -0.3 is 15.0 Å². The molecule has 8 nitrogen and oxygen atoms in total. The summed E-state index contributed by atoms with van der Waals surface area (Å²) in [4.78, 5) is 27.5. The van der Waals surface area contributed by atoms with Crippen molar-refractivity contribution in [2.75, 3.05) is 26.8 Å². The van der Waals surface area contributed by atoms with Crippen LogP contribution in [0.5, 0.6) is 0 Å². The molecule has 1 aromatic heterocycles. The fourth-order valence-corrected chi connectivity index (χ4v) is 4.60. The highest BCUT2D eigenvalue weighted by molar-refractivity contribution is 5.74. The van der Waals surface area contributed by atoms with Gasteiger partial charge in [0.15, 0.2) is 0 Å². The maximum absolute atomic E-state index is 12.8. The standard InChI is InChI=1S/C20H33N5O3/c1-28-13-12-24-20(27)25(17-9-10-17)18(22-24)15-6-5-11-23(14-15)19(26)21-16-7-3-2-4-8-16/h15-17H,2-14H2,1H3,(H,21,26). The molecule has 4 rings (SSSR count). The molecular formula is C20H33N5O3. The molecule has 1 aromatic rings. The Morgan fingerprint density at radius 2 is 1.93 bits per heavy atom. The molecule has 1 saturated heterocycles. The first-order valence-electron chi connectivity index (χ1n) is 10.9. The molecule has 2 amide bonds. The van der Waals surface area contributed by atoms with Gasteiger partial charge in [-0.25, -0.2) is 14.3 Å². The lowest BCUT2D eigenvalue weighted by atomic mass is 9.95. The molecule has 1 aliphatic heterocycles. The SMILES string of the molecule is COCCn1nc(C2CCCN(C(=O)NC3CCCCC3)C2)n(C2CC2)c1=O. The Morgan fingerprint density at radius 1 is 1.14 bits per heavy atom. The van der Waals surface area contributed by atoms with Gasteiger partial charge in [0.1, 0.15) is 5.82 Å². The van der Waals surface area contributed by atoms with E-state index in [1.54, 1.807) is 7.11 Å². The Kier molecular flexibility index (Phi) is 6.04. The number of piperidine rings is 1.